The highest BCUT2D eigenvalue weighted by Crippen LogP contribution is 2.52. The van der Waals surface area contributed by atoms with Crippen molar-refractivity contribution in [3.05, 3.63) is 11.1 Å². The van der Waals surface area contributed by atoms with Gasteiger partial charge >= 0.3 is 8.60 Å². The molecule has 4 rings (SSSR count). The number of ether oxygens (including phenoxy) is 1. The highest BCUT2D eigenvalue weighted by atomic mass is 31.2. The first-order valence-electron chi connectivity index (χ1n) is 11.0. The van der Waals surface area contributed by atoms with Gasteiger partial charge in [0.05, 0.1) is 44.1 Å². The largest absolute Gasteiger partial charge is 0.381 e. The van der Waals surface area contributed by atoms with Crippen molar-refractivity contribution in [3.63, 3.8) is 0 Å². The van der Waals surface area contributed by atoms with Gasteiger partial charge in [0.15, 0.2) is 9.03 Å². The van der Waals surface area contributed by atoms with Crippen LogP contribution < -0.4 is 0 Å². The molecule has 29 heavy (non-hydrogen) atoms. The van der Waals surface area contributed by atoms with Gasteiger partial charge in [-0.25, -0.2) is 0 Å². The molecule has 0 aromatic heterocycles. The van der Waals surface area contributed by atoms with Crippen molar-refractivity contribution < 1.29 is 27.4 Å². The van der Waals surface area contributed by atoms with Crippen molar-refractivity contribution in [1.29, 1.82) is 0 Å². The molecule has 2 saturated heterocycles. The number of hydrogen-bond acceptors (Lipinski definition) is 6. The molecule has 0 N–H and O–H groups in total. The number of methoxy groups -OCH3 is 1. The third-order valence-corrected chi connectivity index (χ3v) is 8.69. The summed E-state index contributed by atoms with van der Waals surface area (Å²) in [5.41, 5.74) is 3.00. The van der Waals surface area contributed by atoms with Crippen LogP contribution in [0.15, 0.2) is 11.1 Å². The third-order valence-electron chi connectivity index (χ3n) is 7.02. The monoisotopic (exact) mass is 446 g/mol. The Hall–Kier alpha value is 0.360. The van der Waals surface area contributed by atoms with Gasteiger partial charge < -0.3 is 27.4 Å². The van der Waals surface area contributed by atoms with E-state index in [2.05, 4.69) is 13.8 Å². The number of rotatable bonds is 4. The highest BCUT2D eigenvalue weighted by molar-refractivity contribution is 7.41. The van der Waals surface area contributed by atoms with Crippen LogP contribution in [-0.2, 0) is 27.4 Å². The minimum absolute atomic E-state index is 0.144. The summed E-state index contributed by atoms with van der Waals surface area (Å²) in [6.45, 7) is 7.04. The van der Waals surface area contributed by atoms with Crippen molar-refractivity contribution in [1.82, 2.24) is 0 Å². The lowest BCUT2D eigenvalue weighted by Crippen LogP contribution is -2.44. The molecule has 1 spiro atoms. The normalized spacial score (nSPS) is 42.3. The van der Waals surface area contributed by atoms with E-state index in [1.807, 2.05) is 7.11 Å². The molecule has 2 saturated carbocycles. The van der Waals surface area contributed by atoms with E-state index in [9.17, 15) is 0 Å². The first-order valence-corrected chi connectivity index (χ1v) is 12.9. The fraction of sp³-hybridized carbons (Fsp3) is 0.905. The Morgan fingerprint density at radius 1 is 0.931 bits per heavy atom. The van der Waals surface area contributed by atoms with Crippen molar-refractivity contribution in [2.45, 2.75) is 71.0 Å². The second-order valence-corrected chi connectivity index (χ2v) is 11.3. The SMILES string of the molecule is COC1CCC(C2CCC(OP3OCC4(COPOC4)CO3)CC2)C(=C(C)C)C1. The maximum Gasteiger partial charge on any atom is 0.332 e. The zero-order valence-corrected chi connectivity index (χ0v) is 19.9. The topological polar surface area (TPSA) is 55.4 Å². The average Bonchev–Trinajstić information content (AvgIpc) is 2.76. The van der Waals surface area contributed by atoms with E-state index < -0.39 is 8.60 Å². The minimum atomic E-state index is -1.24. The third kappa shape index (κ3) is 5.59. The van der Waals surface area contributed by atoms with E-state index in [-0.39, 0.29) is 20.6 Å². The lowest BCUT2D eigenvalue weighted by Gasteiger charge is -2.42. The summed E-state index contributed by atoms with van der Waals surface area (Å²) in [5.74, 6) is 1.51. The van der Waals surface area contributed by atoms with Crippen LogP contribution in [0.25, 0.3) is 0 Å². The van der Waals surface area contributed by atoms with Crippen LogP contribution in [-0.4, -0.2) is 45.7 Å². The molecule has 6 nitrogen and oxygen atoms in total. The van der Waals surface area contributed by atoms with Gasteiger partial charge in [-0.1, -0.05) is 11.1 Å². The standard InChI is InChI=1S/C21H36O6P2/c1-15(2)20-10-18(22-3)8-9-19(20)16-4-6-17(7-5-16)27-29-25-13-21(14-26-29)11-23-28-24-12-21/h16-19,28H,4-14H2,1-3H3. The van der Waals surface area contributed by atoms with Gasteiger partial charge in [-0.2, -0.15) is 0 Å². The highest BCUT2D eigenvalue weighted by Gasteiger charge is 2.42. The summed E-state index contributed by atoms with van der Waals surface area (Å²) < 4.78 is 34.7. The van der Waals surface area contributed by atoms with Gasteiger partial charge in [0, 0.05) is 7.11 Å². The van der Waals surface area contributed by atoms with E-state index in [0.29, 0.717) is 32.5 Å². The molecule has 8 heteroatoms. The second kappa shape index (κ2) is 10.3. The predicted molar refractivity (Wildman–Crippen MR) is 115 cm³/mol. The molecule has 2 atom stereocenters. The Labute approximate surface area is 178 Å². The van der Waals surface area contributed by atoms with E-state index in [0.717, 1.165) is 31.1 Å². The van der Waals surface area contributed by atoms with Gasteiger partial charge in [-0.3, -0.25) is 0 Å². The van der Waals surface area contributed by atoms with Crippen molar-refractivity contribution in [2.24, 2.45) is 17.3 Å². The molecule has 4 fully saturated rings. The molecule has 0 bridgehead atoms. The van der Waals surface area contributed by atoms with E-state index in [1.54, 1.807) is 5.57 Å². The lowest BCUT2D eigenvalue weighted by molar-refractivity contribution is -0.0679. The van der Waals surface area contributed by atoms with Crippen LogP contribution in [0.1, 0.15) is 58.8 Å². The quantitative estimate of drug-likeness (QED) is 0.418. The van der Waals surface area contributed by atoms with Crippen molar-refractivity contribution >= 4 is 17.6 Å². The summed E-state index contributed by atoms with van der Waals surface area (Å²) in [5, 5.41) is 0. The van der Waals surface area contributed by atoms with E-state index in [1.165, 1.54) is 31.3 Å². The summed E-state index contributed by atoms with van der Waals surface area (Å²) in [6, 6.07) is 0. The molecule has 2 aliphatic carbocycles. The van der Waals surface area contributed by atoms with Crippen molar-refractivity contribution in [2.75, 3.05) is 33.5 Å². The van der Waals surface area contributed by atoms with Crippen LogP contribution in [0.4, 0.5) is 0 Å². The first-order chi connectivity index (χ1) is 14.1. The Bertz CT molecular complexity index is 558. The van der Waals surface area contributed by atoms with Crippen LogP contribution in [0.3, 0.4) is 0 Å². The van der Waals surface area contributed by atoms with Gasteiger partial charge in [0.1, 0.15) is 0 Å². The summed E-state index contributed by atoms with van der Waals surface area (Å²) in [7, 11) is 0.759. The minimum Gasteiger partial charge on any atom is -0.381 e. The second-order valence-electron chi connectivity index (χ2n) is 9.34. The summed E-state index contributed by atoms with van der Waals surface area (Å²) >= 11 is 0. The van der Waals surface area contributed by atoms with E-state index in [4.69, 9.17) is 27.4 Å². The van der Waals surface area contributed by atoms with Crippen LogP contribution >= 0.6 is 17.6 Å². The molecule has 0 radical (unpaired) electrons. The van der Waals surface area contributed by atoms with Gasteiger partial charge in [-0.05, 0) is 70.6 Å². The Balaban J connectivity index is 1.23. The smallest absolute Gasteiger partial charge is 0.332 e. The summed E-state index contributed by atoms with van der Waals surface area (Å²) in [6.07, 6.45) is 8.92. The predicted octanol–water partition coefficient (Wildman–Crippen LogP) is 5.53. The fourth-order valence-corrected chi connectivity index (χ4v) is 7.41. The molecular weight excluding hydrogens is 410 g/mol. The van der Waals surface area contributed by atoms with Crippen LogP contribution in [0.2, 0.25) is 0 Å². The fourth-order valence-electron chi connectivity index (χ4n) is 5.19. The molecule has 0 amide bonds. The van der Waals surface area contributed by atoms with Gasteiger partial charge in [-0.15, -0.1) is 0 Å². The molecule has 2 unspecified atom stereocenters. The maximum atomic E-state index is 6.22. The van der Waals surface area contributed by atoms with Crippen molar-refractivity contribution in [3.8, 4) is 0 Å². The molecule has 2 aliphatic heterocycles. The molecular formula is C21H36O6P2. The summed E-state index contributed by atoms with van der Waals surface area (Å²) in [4.78, 5) is 0. The van der Waals surface area contributed by atoms with E-state index >= 15 is 0 Å². The number of hydrogen-bond donors (Lipinski definition) is 0. The van der Waals surface area contributed by atoms with Crippen LogP contribution in [0, 0.1) is 17.3 Å². The van der Waals surface area contributed by atoms with Gasteiger partial charge in [0.25, 0.3) is 0 Å². The zero-order valence-electron chi connectivity index (χ0n) is 18.0. The average molecular weight is 446 g/mol. The molecule has 2 heterocycles. The Morgan fingerprint density at radius 3 is 2.21 bits per heavy atom. The van der Waals surface area contributed by atoms with Gasteiger partial charge in [0.2, 0.25) is 0 Å². The Morgan fingerprint density at radius 2 is 1.59 bits per heavy atom. The Kier molecular flexibility index (Phi) is 8.02. The zero-order chi connectivity index (χ0) is 20.3. The molecule has 0 aromatic rings. The molecule has 4 aliphatic rings. The first kappa shape index (κ1) is 22.6. The molecule has 166 valence electrons. The van der Waals surface area contributed by atoms with Crippen LogP contribution in [0.5, 0.6) is 0 Å². The lowest BCUT2D eigenvalue weighted by atomic mass is 9.69. The molecule has 0 aromatic carbocycles. The number of allylic oxidation sites excluding steroid dienone is 1. The maximum absolute atomic E-state index is 6.22.